The van der Waals surface area contributed by atoms with E-state index in [1.165, 1.54) is 44.5 Å². The van der Waals surface area contributed by atoms with Crippen LogP contribution in [0.5, 0.6) is 0 Å². The van der Waals surface area contributed by atoms with Gasteiger partial charge < -0.3 is 10.2 Å². The van der Waals surface area contributed by atoms with Crippen molar-refractivity contribution in [1.82, 2.24) is 5.32 Å². The van der Waals surface area contributed by atoms with Crippen molar-refractivity contribution in [3.8, 4) is 0 Å². The minimum absolute atomic E-state index is 0.444. The Kier molecular flexibility index (Phi) is 2.41. The van der Waals surface area contributed by atoms with Crippen molar-refractivity contribution >= 4 is 5.69 Å². The van der Waals surface area contributed by atoms with Crippen molar-refractivity contribution in [2.45, 2.75) is 31.2 Å². The van der Waals surface area contributed by atoms with Gasteiger partial charge in [0.15, 0.2) is 0 Å². The molecule has 18 heavy (non-hydrogen) atoms. The average Bonchev–Trinajstić information content (AvgIpc) is 3.32. The number of piperazine rings is 1. The van der Waals surface area contributed by atoms with Gasteiger partial charge in [-0.05, 0) is 49.7 Å². The third-order valence-corrected chi connectivity index (χ3v) is 5.06. The van der Waals surface area contributed by atoms with Crippen molar-refractivity contribution in [3.63, 3.8) is 0 Å². The predicted molar refractivity (Wildman–Crippen MR) is 74.8 cm³/mol. The molecule has 1 saturated heterocycles. The van der Waals surface area contributed by atoms with Crippen LogP contribution in [0, 0.1) is 11.8 Å². The SMILES string of the molecule is c1ccc(N2CCNCC2(C2CC2)C2CC2)cc1. The molecular formula is C16H22N2. The molecule has 2 aliphatic carbocycles. The lowest BCUT2D eigenvalue weighted by Gasteiger charge is -2.50. The van der Waals surface area contributed by atoms with Crippen molar-refractivity contribution in [2.24, 2.45) is 11.8 Å². The number of hydrogen-bond acceptors (Lipinski definition) is 2. The quantitative estimate of drug-likeness (QED) is 0.876. The van der Waals surface area contributed by atoms with Gasteiger partial charge in [0.2, 0.25) is 0 Å². The van der Waals surface area contributed by atoms with E-state index < -0.39 is 0 Å². The molecule has 1 aromatic carbocycles. The van der Waals surface area contributed by atoms with Gasteiger partial charge in [-0.15, -0.1) is 0 Å². The number of rotatable bonds is 3. The first-order chi connectivity index (χ1) is 8.91. The van der Waals surface area contributed by atoms with E-state index in [1.807, 2.05) is 0 Å². The van der Waals surface area contributed by atoms with Crippen LogP contribution in [-0.4, -0.2) is 25.2 Å². The summed E-state index contributed by atoms with van der Waals surface area (Å²) in [5, 5.41) is 3.68. The summed E-state index contributed by atoms with van der Waals surface area (Å²) in [6, 6.07) is 11.1. The van der Waals surface area contributed by atoms with Crippen LogP contribution in [0.4, 0.5) is 5.69 Å². The third-order valence-electron chi connectivity index (χ3n) is 5.06. The Hall–Kier alpha value is -1.02. The van der Waals surface area contributed by atoms with Crippen molar-refractivity contribution in [1.29, 1.82) is 0 Å². The van der Waals surface area contributed by atoms with E-state index in [9.17, 15) is 0 Å². The molecule has 0 aromatic heterocycles. The first kappa shape index (κ1) is 10.9. The molecule has 0 atom stereocenters. The molecule has 0 amide bonds. The van der Waals surface area contributed by atoms with Crippen LogP contribution >= 0.6 is 0 Å². The van der Waals surface area contributed by atoms with Gasteiger partial charge in [0, 0.05) is 25.3 Å². The number of anilines is 1. The molecule has 1 aliphatic heterocycles. The average molecular weight is 242 g/mol. The lowest BCUT2D eigenvalue weighted by atomic mass is 9.83. The first-order valence-corrected chi connectivity index (χ1v) is 7.45. The predicted octanol–water partition coefficient (Wildman–Crippen LogP) is 2.66. The molecule has 1 N–H and O–H groups in total. The monoisotopic (exact) mass is 242 g/mol. The van der Waals surface area contributed by atoms with E-state index in [2.05, 4.69) is 40.5 Å². The summed E-state index contributed by atoms with van der Waals surface area (Å²) < 4.78 is 0. The highest BCUT2D eigenvalue weighted by atomic mass is 15.3. The summed E-state index contributed by atoms with van der Waals surface area (Å²) in [5.74, 6) is 1.89. The number of nitrogens with zero attached hydrogens (tertiary/aromatic N) is 1. The van der Waals surface area contributed by atoms with E-state index in [0.29, 0.717) is 5.54 Å². The van der Waals surface area contributed by atoms with Gasteiger partial charge in [0.05, 0.1) is 5.54 Å². The van der Waals surface area contributed by atoms with Crippen molar-refractivity contribution < 1.29 is 0 Å². The second-order valence-corrected chi connectivity index (χ2v) is 6.20. The fraction of sp³-hybridized carbons (Fsp3) is 0.625. The molecule has 1 heterocycles. The normalized spacial score (nSPS) is 27.2. The fourth-order valence-corrected chi connectivity index (χ4v) is 3.99. The number of hydrogen-bond donors (Lipinski definition) is 1. The summed E-state index contributed by atoms with van der Waals surface area (Å²) in [4.78, 5) is 2.75. The Morgan fingerprint density at radius 2 is 1.67 bits per heavy atom. The molecule has 0 radical (unpaired) electrons. The van der Waals surface area contributed by atoms with E-state index in [4.69, 9.17) is 0 Å². The zero-order chi connectivity index (χ0) is 12.0. The molecule has 3 fully saturated rings. The first-order valence-electron chi connectivity index (χ1n) is 7.45. The highest BCUT2D eigenvalue weighted by Gasteiger charge is 2.58. The van der Waals surface area contributed by atoms with Gasteiger partial charge in [-0.3, -0.25) is 0 Å². The molecular weight excluding hydrogens is 220 g/mol. The van der Waals surface area contributed by atoms with Crippen LogP contribution in [0.1, 0.15) is 25.7 Å². The molecule has 2 saturated carbocycles. The van der Waals surface area contributed by atoms with Crippen LogP contribution in [0.2, 0.25) is 0 Å². The largest absolute Gasteiger partial charge is 0.363 e. The van der Waals surface area contributed by atoms with Crippen LogP contribution in [-0.2, 0) is 0 Å². The summed E-state index contributed by atoms with van der Waals surface area (Å²) in [6.07, 6.45) is 5.78. The molecule has 0 spiro atoms. The molecule has 2 nitrogen and oxygen atoms in total. The Bertz CT molecular complexity index is 408. The maximum absolute atomic E-state index is 3.68. The molecule has 0 bridgehead atoms. The Morgan fingerprint density at radius 3 is 2.28 bits per heavy atom. The smallest absolute Gasteiger partial charge is 0.0582 e. The van der Waals surface area contributed by atoms with Gasteiger partial charge in [-0.2, -0.15) is 0 Å². The van der Waals surface area contributed by atoms with Crippen molar-refractivity contribution in [2.75, 3.05) is 24.5 Å². The maximum Gasteiger partial charge on any atom is 0.0582 e. The highest BCUT2D eigenvalue weighted by Crippen LogP contribution is 2.56. The molecule has 3 aliphatic rings. The van der Waals surface area contributed by atoms with Gasteiger partial charge in [-0.25, -0.2) is 0 Å². The summed E-state index contributed by atoms with van der Waals surface area (Å²) in [6.45, 7) is 3.52. The minimum Gasteiger partial charge on any atom is -0.363 e. The maximum atomic E-state index is 3.68. The molecule has 96 valence electrons. The standard InChI is InChI=1S/C16H22N2/c1-2-4-15(5-3-1)18-11-10-17-12-16(18,13-6-7-13)14-8-9-14/h1-5,13-14,17H,6-12H2. The van der Waals surface area contributed by atoms with Gasteiger partial charge in [-0.1, -0.05) is 18.2 Å². The topological polar surface area (TPSA) is 15.3 Å². The Balaban J connectivity index is 1.73. The van der Waals surface area contributed by atoms with Gasteiger partial charge in [0.25, 0.3) is 0 Å². The van der Waals surface area contributed by atoms with Crippen LogP contribution < -0.4 is 10.2 Å². The van der Waals surface area contributed by atoms with E-state index in [1.54, 1.807) is 0 Å². The van der Waals surface area contributed by atoms with Gasteiger partial charge in [0.1, 0.15) is 0 Å². The zero-order valence-electron chi connectivity index (χ0n) is 10.9. The van der Waals surface area contributed by atoms with Crippen LogP contribution in [0.3, 0.4) is 0 Å². The fourth-order valence-electron chi connectivity index (χ4n) is 3.99. The molecule has 1 aromatic rings. The number of nitrogens with one attached hydrogen (secondary N) is 1. The second kappa shape index (κ2) is 3.99. The summed E-state index contributed by atoms with van der Waals surface area (Å²) >= 11 is 0. The van der Waals surface area contributed by atoms with E-state index >= 15 is 0 Å². The summed E-state index contributed by atoms with van der Waals surface area (Å²) in [5.41, 5.74) is 1.89. The lowest BCUT2D eigenvalue weighted by molar-refractivity contribution is 0.252. The van der Waals surface area contributed by atoms with Crippen LogP contribution in [0.15, 0.2) is 30.3 Å². The third kappa shape index (κ3) is 1.58. The molecule has 2 heteroatoms. The number of benzene rings is 1. The zero-order valence-corrected chi connectivity index (χ0v) is 10.9. The number of para-hydroxylation sites is 1. The van der Waals surface area contributed by atoms with Crippen molar-refractivity contribution in [3.05, 3.63) is 30.3 Å². The summed E-state index contributed by atoms with van der Waals surface area (Å²) in [7, 11) is 0. The Labute approximate surface area is 109 Å². The van der Waals surface area contributed by atoms with Gasteiger partial charge >= 0.3 is 0 Å². The Morgan fingerprint density at radius 1 is 1.00 bits per heavy atom. The minimum atomic E-state index is 0.444. The molecule has 4 rings (SSSR count). The van der Waals surface area contributed by atoms with E-state index in [0.717, 1.165) is 18.4 Å². The van der Waals surface area contributed by atoms with E-state index in [-0.39, 0.29) is 0 Å². The lowest BCUT2D eigenvalue weighted by Crippen LogP contribution is -2.64. The second-order valence-electron chi connectivity index (χ2n) is 6.20. The van der Waals surface area contributed by atoms with Crippen LogP contribution in [0.25, 0.3) is 0 Å². The molecule has 0 unspecified atom stereocenters. The highest BCUT2D eigenvalue weighted by molar-refractivity contribution is 5.51.